The molecular formula is C13H16N6O. The maximum Gasteiger partial charge on any atom is 0.278 e. The number of hydrogen-bond donors (Lipinski definition) is 1. The first-order valence-electron chi connectivity index (χ1n) is 6.64. The van der Waals surface area contributed by atoms with Crippen molar-refractivity contribution < 1.29 is 0 Å². The molecule has 0 fully saturated rings. The summed E-state index contributed by atoms with van der Waals surface area (Å²) in [6, 6.07) is 0. The number of nitrogens with one attached hydrogen (secondary N) is 1. The van der Waals surface area contributed by atoms with E-state index in [1.54, 1.807) is 6.20 Å². The molecule has 3 aromatic heterocycles. The van der Waals surface area contributed by atoms with Crippen LogP contribution < -0.4 is 5.56 Å². The van der Waals surface area contributed by atoms with Crippen LogP contribution in [0.3, 0.4) is 0 Å². The van der Waals surface area contributed by atoms with Crippen molar-refractivity contribution in [1.82, 2.24) is 29.3 Å². The molecule has 0 aliphatic rings. The Hall–Kier alpha value is -2.44. The minimum absolute atomic E-state index is 0.219. The van der Waals surface area contributed by atoms with Gasteiger partial charge in [-0.1, -0.05) is 0 Å². The van der Waals surface area contributed by atoms with E-state index in [1.165, 1.54) is 6.33 Å². The van der Waals surface area contributed by atoms with E-state index in [0.29, 0.717) is 17.7 Å². The maximum atomic E-state index is 11.8. The second-order valence-corrected chi connectivity index (χ2v) is 4.54. The van der Waals surface area contributed by atoms with Gasteiger partial charge in [-0.15, -0.1) is 0 Å². The van der Waals surface area contributed by atoms with E-state index in [9.17, 15) is 4.79 Å². The SMILES string of the molecule is CCn1ncc(-c2nc3c(=O)[nH]cnc3n2CC)c1C. The topological polar surface area (TPSA) is 81.4 Å². The standard InChI is InChI=1S/C13H16N6O/c1-4-18-11(9-6-16-19(5-2)8(9)3)17-10-12(18)14-7-15-13(10)20/h6-7H,4-5H2,1-3H3,(H,14,15,20). The van der Waals surface area contributed by atoms with E-state index < -0.39 is 0 Å². The van der Waals surface area contributed by atoms with Gasteiger partial charge in [-0.25, -0.2) is 9.97 Å². The summed E-state index contributed by atoms with van der Waals surface area (Å²) in [5, 5.41) is 4.34. The Morgan fingerprint density at radius 3 is 2.75 bits per heavy atom. The Bertz CT molecular complexity index is 825. The zero-order valence-electron chi connectivity index (χ0n) is 11.7. The second-order valence-electron chi connectivity index (χ2n) is 4.54. The van der Waals surface area contributed by atoms with E-state index in [1.807, 2.05) is 30.0 Å². The Morgan fingerprint density at radius 1 is 1.30 bits per heavy atom. The fraction of sp³-hybridized carbons (Fsp3) is 0.385. The van der Waals surface area contributed by atoms with Crippen LogP contribution in [0, 0.1) is 6.92 Å². The minimum Gasteiger partial charge on any atom is -0.311 e. The summed E-state index contributed by atoms with van der Waals surface area (Å²) in [5.41, 5.74) is 2.73. The van der Waals surface area contributed by atoms with Crippen molar-refractivity contribution in [2.45, 2.75) is 33.9 Å². The van der Waals surface area contributed by atoms with Crippen molar-refractivity contribution in [3.63, 3.8) is 0 Å². The van der Waals surface area contributed by atoms with Crippen molar-refractivity contribution in [1.29, 1.82) is 0 Å². The molecule has 0 atom stereocenters. The first-order valence-corrected chi connectivity index (χ1v) is 6.64. The summed E-state index contributed by atoms with van der Waals surface area (Å²) in [4.78, 5) is 23.1. The van der Waals surface area contributed by atoms with Gasteiger partial charge in [-0.05, 0) is 20.8 Å². The number of nitrogens with zero attached hydrogens (tertiary/aromatic N) is 5. The van der Waals surface area contributed by atoms with Gasteiger partial charge in [0.2, 0.25) is 0 Å². The van der Waals surface area contributed by atoms with Gasteiger partial charge in [0.1, 0.15) is 5.82 Å². The lowest BCUT2D eigenvalue weighted by atomic mass is 10.2. The largest absolute Gasteiger partial charge is 0.311 e. The average Bonchev–Trinajstić information content (AvgIpc) is 2.99. The number of rotatable bonds is 3. The van der Waals surface area contributed by atoms with Crippen molar-refractivity contribution in [3.8, 4) is 11.4 Å². The summed E-state index contributed by atoms with van der Waals surface area (Å²) in [5.74, 6) is 0.740. The zero-order chi connectivity index (χ0) is 14.3. The van der Waals surface area contributed by atoms with E-state index >= 15 is 0 Å². The van der Waals surface area contributed by atoms with Crippen LogP contribution in [0.1, 0.15) is 19.5 Å². The van der Waals surface area contributed by atoms with Crippen LogP contribution in [-0.4, -0.2) is 29.3 Å². The molecule has 0 aromatic carbocycles. The number of aryl methyl sites for hydroxylation is 2. The normalized spacial score (nSPS) is 11.3. The molecule has 3 heterocycles. The van der Waals surface area contributed by atoms with E-state index in [2.05, 4.69) is 20.1 Å². The zero-order valence-corrected chi connectivity index (χ0v) is 11.7. The van der Waals surface area contributed by atoms with Gasteiger partial charge in [0.15, 0.2) is 11.2 Å². The van der Waals surface area contributed by atoms with Crippen LogP contribution in [0.5, 0.6) is 0 Å². The fourth-order valence-corrected chi connectivity index (χ4v) is 2.44. The van der Waals surface area contributed by atoms with Crippen LogP contribution >= 0.6 is 0 Å². The van der Waals surface area contributed by atoms with Crippen molar-refractivity contribution in [2.24, 2.45) is 0 Å². The summed E-state index contributed by atoms with van der Waals surface area (Å²) in [6.45, 7) is 7.55. The number of aromatic amines is 1. The quantitative estimate of drug-likeness (QED) is 0.780. The Labute approximate surface area is 115 Å². The molecule has 0 bridgehead atoms. The first-order chi connectivity index (χ1) is 9.67. The van der Waals surface area contributed by atoms with Gasteiger partial charge >= 0.3 is 0 Å². The molecule has 3 rings (SSSR count). The molecule has 0 aliphatic carbocycles. The number of imidazole rings is 1. The van der Waals surface area contributed by atoms with E-state index in [4.69, 9.17) is 0 Å². The van der Waals surface area contributed by atoms with Crippen molar-refractivity contribution >= 4 is 11.2 Å². The monoisotopic (exact) mass is 272 g/mol. The molecule has 3 aromatic rings. The third kappa shape index (κ3) is 1.66. The molecule has 7 heteroatoms. The van der Waals surface area contributed by atoms with Gasteiger partial charge in [-0.3, -0.25) is 9.48 Å². The molecule has 0 unspecified atom stereocenters. The number of fused-ring (bicyclic) bond motifs is 1. The number of aromatic nitrogens is 6. The van der Waals surface area contributed by atoms with Crippen molar-refractivity contribution in [2.75, 3.05) is 0 Å². The van der Waals surface area contributed by atoms with Crippen LogP contribution in [0.25, 0.3) is 22.6 Å². The highest BCUT2D eigenvalue weighted by Gasteiger charge is 2.18. The average molecular weight is 272 g/mol. The Morgan fingerprint density at radius 2 is 2.10 bits per heavy atom. The lowest BCUT2D eigenvalue weighted by molar-refractivity contribution is 0.640. The highest BCUT2D eigenvalue weighted by atomic mass is 16.1. The molecule has 0 radical (unpaired) electrons. The van der Waals surface area contributed by atoms with Gasteiger partial charge in [0, 0.05) is 18.8 Å². The van der Waals surface area contributed by atoms with E-state index in [0.717, 1.165) is 23.6 Å². The predicted octanol–water partition coefficient (Wildman–Crippen LogP) is 1.33. The molecule has 20 heavy (non-hydrogen) atoms. The van der Waals surface area contributed by atoms with Crippen molar-refractivity contribution in [3.05, 3.63) is 28.6 Å². The molecular weight excluding hydrogens is 256 g/mol. The maximum absolute atomic E-state index is 11.8. The molecule has 0 saturated heterocycles. The third-order valence-electron chi connectivity index (χ3n) is 3.50. The van der Waals surface area contributed by atoms with Crippen LogP contribution in [-0.2, 0) is 13.1 Å². The Balaban J connectivity index is 2.33. The summed E-state index contributed by atoms with van der Waals surface area (Å²) in [7, 11) is 0. The number of hydrogen-bond acceptors (Lipinski definition) is 4. The van der Waals surface area contributed by atoms with E-state index in [-0.39, 0.29) is 5.56 Å². The molecule has 1 N–H and O–H groups in total. The second kappa shape index (κ2) is 4.59. The van der Waals surface area contributed by atoms with Gasteiger partial charge < -0.3 is 9.55 Å². The first kappa shape index (κ1) is 12.6. The third-order valence-corrected chi connectivity index (χ3v) is 3.50. The highest BCUT2D eigenvalue weighted by molar-refractivity contribution is 5.76. The molecule has 0 amide bonds. The van der Waals surface area contributed by atoms with Crippen LogP contribution in [0.2, 0.25) is 0 Å². The molecule has 0 spiro atoms. The van der Waals surface area contributed by atoms with Crippen LogP contribution in [0.4, 0.5) is 0 Å². The van der Waals surface area contributed by atoms with Gasteiger partial charge in [-0.2, -0.15) is 5.10 Å². The molecule has 7 nitrogen and oxygen atoms in total. The summed E-state index contributed by atoms with van der Waals surface area (Å²) < 4.78 is 3.85. The predicted molar refractivity (Wildman–Crippen MR) is 75.5 cm³/mol. The summed E-state index contributed by atoms with van der Waals surface area (Å²) in [6.07, 6.45) is 3.20. The highest BCUT2D eigenvalue weighted by Crippen LogP contribution is 2.24. The van der Waals surface area contributed by atoms with Gasteiger partial charge in [0.05, 0.1) is 18.1 Å². The van der Waals surface area contributed by atoms with Crippen LogP contribution in [0.15, 0.2) is 17.3 Å². The fourth-order valence-electron chi connectivity index (χ4n) is 2.44. The lowest BCUT2D eigenvalue weighted by Gasteiger charge is -2.05. The number of H-pyrrole nitrogens is 1. The molecule has 104 valence electrons. The molecule has 0 saturated carbocycles. The van der Waals surface area contributed by atoms with Gasteiger partial charge in [0.25, 0.3) is 5.56 Å². The minimum atomic E-state index is -0.219. The Kier molecular flexibility index (Phi) is 2.89. The summed E-state index contributed by atoms with van der Waals surface area (Å²) >= 11 is 0. The smallest absolute Gasteiger partial charge is 0.278 e. The lowest BCUT2D eigenvalue weighted by Crippen LogP contribution is -2.07. The molecule has 0 aliphatic heterocycles.